The molecule has 1 unspecified atom stereocenters. The zero-order valence-electron chi connectivity index (χ0n) is 13.1. The average molecular weight is 318 g/mol. The predicted molar refractivity (Wildman–Crippen MR) is 82.7 cm³/mol. The van der Waals surface area contributed by atoms with Crippen LogP contribution in [0.5, 0.6) is 5.75 Å². The molecule has 0 saturated heterocycles. The first-order valence-corrected chi connectivity index (χ1v) is 7.13. The second kappa shape index (κ2) is 6.91. The number of nitrogens with one attached hydrogen (secondary N) is 1. The fourth-order valence-corrected chi connectivity index (χ4v) is 2.11. The van der Waals surface area contributed by atoms with E-state index in [4.69, 9.17) is 9.84 Å². The van der Waals surface area contributed by atoms with Crippen molar-refractivity contribution in [3.05, 3.63) is 35.7 Å². The quantitative estimate of drug-likeness (QED) is 0.842. The van der Waals surface area contributed by atoms with Crippen LogP contribution in [-0.2, 0) is 4.79 Å². The minimum atomic E-state index is -1.18. The first-order chi connectivity index (χ1) is 11.0. The van der Waals surface area contributed by atoms with Crippen LogP contribution in [0.3, 0.4) is 0 Å². The Morgan fingerprint density at radius 1 is 1.39 bits per heavy atom. The highest BCUT2D eigenvalue weighted by molar-refractivity contribution is 5.95. The molecule has 1 atom stereocenters. The van der Waals surface area contributed by atoms with E-state index >= 15 is 0 Å². The van der Waals surface area contributed by atoms with E-state index in [2.05, 4.69) is 15.6 Å². The van der Waals surface area contributed by atoms with Gasteiger partial charge in [-0.25, -0.2) is 9.48 Å². The van der Waals surface area contributed by atoms with Crippen LogP contribution in [0.4, 0.5) is 5.69 Å². The number of aromatic carboxylic acids is 1. The van der Waals surface area contributed by atoms with Gasteiger partial charge in [0, 0.05) is 0 Å². The number of rotatable bonds is 6. The lowest BCUT2D eigenvalue weighted by Gasteiger charge is -2.15. The van der Waals surface area contributed by atoms with Crippen LogP contribution in [0, 0.1) is 6.92 Å². The third-order valence-electron chi connectivity index (χ3n) is 3.32. The Hall–Kier alpha value is -2.90. The summed E-state index contributed by atoms with van der Waals surface area (Å²) >= 11 is 0. The topological polar surface area (TPSA) is 106 Å². The summed E-state index contributed by atoms with van der Waals surface area (Å²) in [5.74, 6) is -0.956. The highest BCUT2D eigenvalue weighted by atomic mass is 16.5. The van der Waals surface area contributed by atoms with Gasteiger partial charge in [-0.15, -0.1) is 5.10 Å². The highest BCUT2D eigenvalue weighted by Crippen LogP contribution is 2.25. The van der Waals surface area contributed by atoms with Gasteiger partial charge < -0.3 is 15.2 Å². The van der Waals surface area contributed by atoms with Crippen LogP contribution in [0.2, 0.25) is 0 Å². The fourth-order valence-electron chi connectivity index (χ4n) is 2.11. The minimum absolute atomic E-state index is 0.167. The van der Waals surface area contributed by atoms with E-state index in [1.807, 2.05) is 13.0 Å². The van der Waals surface area contributed by atoms with Crippen molar-refractivity contribution in [1.29, 1.82) is 0 Å². The van der Waals surface area contributed by atoms with Crippen LogP contribution in [0.15, 0.2) is 24.3 Å². The van der Waals surface area contributed by atoms with Crippen molar-refractivity contribution in [3.8, 4) is 5.75 Å². The van der Waals surface area contributed by atoms with Crippen molar-refractivity contribution < 1.29 is 19.4 Å². The molecule has 2 rings (SSSR count). The van der Waals surface area contributed by atoms with E-state index in [9.17, 15) is 9.59 Å². The van der Waals surface area contributed by atoms with Gasteiger partial charge in [0.25, 0.3) is 0 Å². The van der Waals surface area contributed by atoms with Gasteiger partial charge in [-0.05, 0) is 32.9 Å². The SMILES string of the molecule is CCOc1ccccc1NC(=O)C(C)n1nnc(C(=O)O)c1C. The van der Waals surface area contributed by atoms with Crippen molar-refractivity contribution in [2.24, 2.45) is 0 Å². The molecule has 122 valence electrons. The molecule has 0 aliphatic rings. The maximum atomic E-state index is 12.4. The van der Waals surface area contributed by atoms with Gasteiger partial charge in [0.05, 0.1) is 18.0 Å². The molecule has 2 N–H and O–H groups in total. The lowest BCUT2D eigenvalue weighted by Crippen LogP contribution is -2.25. The molecule has 0 aliphatic carbocycles. The number of nitrogens with zero attached hydrogens (tertiary/aromatic N) is 3. The number of amides is 1. The standard InChI is InChI=1S/C15H18N4O4/c1-4-23-12-8-6-5-7-11(12)16-14(20)10(3)19-9(2)13(15(21)22)17-18-19/h5-8,10H,4H2,1-3H3,(H,16,20)(H,21,22). The van der Waals surface area contributed by atoms with E-state index in [0.717, 1.165) is 0 Å². The number of aromatic nitrogens is 3. The van der Waals surface area contributed by atoms with Crippen molar-refractivity contribution >= 4 is 17.6 Å². The first-order valence-electron chi connectivity index (χ1n) is 7.13. The second-order valence-corrected chi connectivity index (χ2v) is 4.87. The maximum Gasteiger partial charge on any atom is 0.358 e. The normalized spacial score (nSPS) is 11.8. The molecule has 0 spiro atoms. The zero-order chi connectivity index (χ0) is 17.0. The first kappa shape index (κ1) is 16.5. The maximum absolute atomic E-state index is 12.4. The van der Waals surface area contributed by atoms with Gasteiger partial charge in [0.1, 0.15) is 11.8 Å². The molecule has 1 aromatic carbocycles. The Morgan fingerprint density at radius 3 is 2.70 bits per heavy atom. The number of carboxylic acids is 1. The number of ether oxygens (including phenoxy) is 1. The van der Waals surface area contributed by atoms with Gasteiger partial charge in [-0.1, -0.05) is 17.3 Å². The number of para-hydroxylation sites is 2. The molecule has 23 heavy (non-hydrogen) atoms. The number of carbonyl (C=O) groups is 2. The number of hydrogen-bond acceptors (Lipinski definition) is 5. The second-order valence-electron chi connectivity index (χ2n) is 4.87. The van der Waals surface area contributed by atoms with Gasteiger partial charge in [-0.2, -0.15) is 0 Å². The van der Waals surface area contributed by atoms with Crippen LogP contribution in [0.1, 0.15) is 36.1 Å². The lowest BCUT2D eigenvalue weighted by atomic mass is 10.2. The Balaban J connectivity index is 2.19. The monoisotopic (exact) mass is 318 g/mol. The smallest absolute Gasteiger partial charge is 0.358 e. The van der Waals surface area contributed by atoms with Crippen molar-refractivity contribution in [3.63, 3.8) is 0 Å². The molecule has 8 nitrogen and oxygen atoms in total. The molecule has 0 aliphatic heterocycles. The fraction of sp³-hybridized carbons (Fsp3) is 0.333. The number of anilines is 1. The van der Waals surface area contributed by atoms with E-state index in [1.165, 1.54) is 4.68 Å². The zero-order valence-corrected chi connectivity index (χ0v) is 13.1. The van der Waals surface area contributed by atoms with Crippen molar-refractivity contribution in [2.45, 2.75) is 26.8 Å². The summed E-state index contributed by atoms with van der Waals surface area (Å²) in [6.07, 6.45) is 0. The Kier molecular flexibility index (Phi) is 4.95. The summed E-state index contributed by atoms with van der Waals surface area (Å²) in [6.45, 7) is 5.51. The third-order valence-corrected chi connectivity index (χ3v) is 3.32. The highest BCUT2D eigenvalue weighted by Gasteiger charge is 2.23. The summed E-state index contributed by atoms with van der Waals surface area (Å²) in [4.78, 5) is 23.4. The van der Waals surface area contributed by atoms with E-state index in [1.54, 1.807) is 32.0 Å². The molecule has 0 saturated carbocycles. The Bertz CT molecular complexity index is 726. The number of carbonyl (C=O) groups excluding carboxylic acids is 1. The summed E-state index contributed by atoms with van der Waals surface area (Å²) in [5.41, 5.74) is 0.694. The molecule has 8 heteroatoms. The molecule has 0 radical (unpaired) electrons. The summed E-state index contributed by atoms with van der Waals surface area (Å²) < 4.78 is 6.74. The van der Waals surface area contributed by atoms with Crippen LogP contribution >= 0.6 is 0 Å². The summed E-state index contributed by atoms with van der Waals surface area (Å²) in [7, 11) is 0. The van der Waals surface area contributed by atoms with Crippen LogP contribution < -0.4 is 10.1 Å². The predicted octanol–water partition coefficient (Wildman–Crippen LogP) is 1.88. The van der Waals surface area contributed by atoms with Crippen molar-refractivity contribution in [1.82, 2.24) is 15.0 Å². The third kappa shape index (κ3) is 3.47. The van der Waals surface area contributed by atoms with Gasteiger partial charge >= 0.3 is 5.97 Å². The summed E-state index contributed by atoms with van der Waals surface area (Å²) in [5, 5.41) is 19.1. The molecule has 1 heterocycles. The number of hydrogen-bond donors (Lipinski definition) is 2. The van der Waals surface area contributed by atoms with Crippen LogP contribution in [0.25, 0.3) is 0 Å². The molecular formula is C15H18N4O4. The molecule has 1 amide bonds. The number of carboxylic acid groups (broad SMARTS) is 1. The molecule has 0 fully saturated rings. The van der Waals surface area contributed by atoms with E-state index in [-0.39, 0.29) is 11.6 Å². The average Bonchev–Trinajstić information content (AvgIpc) is 2.90. The van der Waals surface area contributed by atoms with Crippen LogP contribution in [-0.4, -0.2) is 38.6 Å². The molecular weight excluding hydrogens is 300 g/mol. The minimum Gasteiger partial charge on any atom is -0.492 e. The summed E-state index contributed by atoms with van der Waals surface area (Å²) in [6, 6.07) is 6.36. The largest absolute Gasteiger partial charge is 0.492 e. The van der Waals surface area contributed by atoms with Gasteiger partial charge in [0.15, 0.2) is 5.69 Å². The van der Waals surface area contributed by atoms with E-state index < -0.39 is 12.0 Å². The molecule has 2 aromatic rings. The molecule has 1 aromatic heterocycles. The molecule has 0 bridgehead atoms. The van der Waals surface area contributed by atoms with E-state index in [0.29, 0.717) is 23.7 Å². The number of benzene rings is 1. The van der Waals surface area contributed by atoms with Gasteiger partial charge in [0.2, 0.25) is 5.91 Å². The van der Waals surface area contributed by atoms with Gasteiger partial charge in [-0.3, -0.25) is 4.79 Å². The Labute approximate surface area is 133 Å². The van der Waals surface area contributed by atoms with Crippen molar-refractivity contribution in [2.75, 3.05) is 11.9 Å². The Morgan fingerprint density at radius 2 is 2.09 bits per heavy atom. The lowest BCUT2D eigenvalue weighted by molar-refractivity contribution is -0.119.